The van der Waals surface area contributed by atoms with Crippen molar-refractivity contribution in [1.29, 1.82) is 5.26 Å². The van der Waals surface area contributed by atoms with Gasteiger partial charge in [-0.05, 0) is 41.0 Å². The molecule has 0 aliphatic rings. The Morgan fingerprint density at radius 1 is 1.00 bits per heavy atom. The van der Waals surface area contributed by atoms with Gasteiger partial charge >= 0.3 is 0 Å². The Kier molecular flexibility index (Phi) is 5.67. The van der Waals surface area contributed by atoms with Gasteiger partial charge in [-0.2, -0.15) is 9.65 Å². The van der Waals surface area contributed by atoms with Crippen LogP contribution in [0.2, 0.25) is 0 Å². The number of nitrogens with zero attached hydrogens (tertiary/aromatic N) is 3. The minimum Gasteiger partial charge on any atom is -0.370 e. The minimum atomic E-state index is -0.543. The molecule has 1 heterocycles. The highest BCUT2D eigenvalue weighted by Gasteiger charge is 2.15. The number of hydrogen-bond acceptors (Lipinski definition) is 3. The number of pyridine rings is 1. The second-order valence-corrected chi connectivity index (χ2v) is 6.48. The molecule has 0 saturated heterocycles. The zero-order valence-electron chi connectivity index (χ0n) is 15.7. The minimum absolute atomic E-state index is 0.373. The summed E-state index contributed by atoms with van der Waals surface area (Å²) in [5.41, 5.74) is 5.12. The molecule has 0 unspecified atom stereocenters. The lowest BCUT2D eigenvalue weighted by Gasteiger charge is -2.24. The Morgan fingerprint density at radius 2 is 1.64 bits per heavy atom. The fourth-order valence-electron chi connectivity index (χ4n) is 3.01. The van der Waals surface area contributed by atoms with E-state index in [1.54, 1.807) is 24.3 Å². The lowest BCUT2D eigenvalue weighted by molar-refractivity contribution is 0.476. The maximum absolute atomic E-state index is 14.1. The molecular formula is C24H20FN3. The quantitative estimate of drug-likeness (QED) is 0.557. The first-order valence-corrected chi connectivity index (χ1v) is 8.80. The number of benzene rings is 2. The van der Waals surface area contributed by atoms with Gasteiger partial charge < -0.3 is 4.90 Å². The summed E-state index contributed by atoms with van der Waals surface area (Å²) in [4.78, 5) is 5.74. The summed E-state index contributed by atoms with van der Waals surface area (Å²) in [6.07, 6.45) is 1.42. The predicted octanol–water partition coefficient (Wildman–Crippen LogP) is 5.26. The third-order valence-electron chi connectivity index (χ3n) is 4.61. The number of halogens is 1. The smallest absolute Gasteiger partial charge is 0.220 e. The SMILES string of the molecule is C=C(c1ccccc1C(=C)N(C)Cc1ccc(C#N)cc1)c1cccnc1F. The highest BCUT2D eigenvalue weighted by Crippen LogP contribution is 2.30. The standard InChI is InChI=1S/C24H20FN3/c1-17(22-9-6-14-27-24(22)25)21-7-4-5-8-23(21)18(2)28(3)16-20-12-10-19(15-26)11-13-20/h4-14H,1-2,16H2,3H3. The first-order valence-electron chi connectivity index (χ1n) is 8.80. The van der Waals surface area contributed by atoms with E-state index in [-0.39, 0.29) is 0 Å². The number of rotatable bonds is 6. The first-order chi connectivity index (χ1) is 13.5. The maximum atomic E-state index is 14.1. The van der Waals surface area contributed by atoms with Gasteiger partial charge in [0, 0.05) is 36.6 Å². The molecule has 3 nitrogen and oxygen atoms in total. The molecule has 0 atom stereocenters. The van der Waals surface area contributed by atoms with Crippen LogP contribution in [0.5, 0.6) is 0 Å². The van der Waals surface area contributed by atoms with E-state index in [1.165, 1.54) is 6.20 Å². The Hall–Kier alpha value is -3.71. The third-order valence-corrected chi connectivity index (χ3v) is 4.61. The predicted molar refractivity (Wildman–Crippen MR) is 110 cm³/mol. The van der Waals surface area contributed by atoms with Crippen LogP contribution in [0.15, 0.2) is 80.0 Å². The molecule has 1 aromatic heterocycles. The number of hydrogen-bond donors (Lipinski definition) is 0. The monoisotopic (exact) mass is 369 g/mol. The van der Waals surface area contributed by atoms with Gasteiger partial charge in [-0.3, -0.25) is 0 Å². The molecule has 3 rings (SSSR count). The van der Waals surface area contributed by atoms with E-state index in [2.05, 4.69) is 24.2 Å². The molecule has 0 spiro atoms. The van der Waals surface area contributed by atoms with E-state index < -0.39 is 5.95 Å². The molecule has 0 saturated carbocycles. The Morgan fingerprint density at radius 3 is 2.29 bits per heavy atom. The van der Waals surface area contributed by atoms with Gasteiger partial charge in [0.05, 0.1) is 11.6 Å². The number of nitriles is 1. The van der Waals surface area contributed by atoms with Gasteiger partial charge in [-0.25, -0.2) is 4.98 Å². The van der Waals surface area contributed by atoms with Crippen LogP contribution < -0.4 is 0 Å². The summed E-state index contributed by atoms with van der Waals surface area (Å²) >= 11 is 0. The fourth-order valence-corrected chi connectivity index (χ4v) is 3.01. The van der Waals surface area contributed by atoms with E-state index in [9.17, 15) is 4.39 Å². The summed E-state index contributed by atoms with van der Waals surface area (Å²) in [5, 5.41) is 8.93. The lowest BCUT2D eigenvalue weighted by Crippen LogP contribution is -2.16. The molecule has 0 amide bonds. The van der Waals surface area contributed by atoms with Crippen LogP contribution >= 0.6 is 0 Å². The maximum Gasteiger partial charge on any atom is 0.220 e. The lowest BCUT2D eigenvalue weighted by atomic mass is 9.94. The highest BCUT2D eigenvalue weighted by atomic mass is 19.1. The Labute approximate surface area is 164 Å². The van der Waals surface area contributed by atoms with Crippen LogP contribution in [-0.4, -0.2) is 16.9 Å². The van der Waals surface area contributed by atoms with Crippen LogP contribution in [0.25, 0.3) is 11.3 Å². The Bertz CT molecular complexity index is 1060. The van der Waals surface area contributed by atoms with E-state index in [4.69, 9.17) is 5.26 Å². The average molecular weight is 369 g/mol. The van der Waals surface area contributed by atoms with Crippen molar-refractivity contribution in [1.82, 2.24) is 9.88 Å². The average Bonchev–Trinajstić information content (AvgIpc) is 2.73. The molecule has 2 aromatic carbocycles. The van der Waals surface area contributed by atoms with E-state index in [1.807, 2.05) is 48.3 Å². The molecule has 28 heavy (non-hydrogen) atoms. The molecule has 0 aliphatic carbocycles. The molecule has 0 fully saturated rings. The van der Waals surface area contributed by atoms with Crippen LogP contribution in [0.4, 0.5) is 4.39 Å². The number of aromatic nitrogens is 1. The van der Waals surface area contributed by atoms with E-state index >= 15 is 0 Å². The molecular weight excluding hydrogens is 349 g/mol. The molecule has 138 valence electrons. The zero-order valence-corrected chi connectivity index (χ0v) is 15.7. The van der Waals surface area contributed by atoms with Crippen molar-refractivity contribution in [3.05, 3.63) is 114 Å². The summed E-state index contributed by atoms with van der Waals surface area (Å²) in [6, 6.07) is 20.6. The van der Waals surface area contributed by atoms with Crippen molar-refractivity contribution in [2.75, 3.05) is 7.05 Å². The van der Waals surface area contributed by atoms with Gasteiger partial charge in [0.25, 0.3) is 0 Å². The van der Waals surface area contributed by atoms with Gasteiger partial charge in [-0.15, -0.1) is 0 Å². The highest BCUT2D eigenvalue weighted by molar-refractivity contribution is 5.85. The molecule has 4 heteroatoms. The van der Waals surface area contributed by atoms with Crippen molar-refractivity contribution < 1.29 is 4.39 Å². The second-order valence-electron chi connectivity index (χ2n) is 6.48. The van der Waals surface area contributed by atoms with Crippen molar-refractivity contribution in [2.45, 2.75) is 6.54 Å². The van der Waals surface area contributed by atoms with Gasteiger partial charge in [0.2, 0.25) is 5.95 Å². The molecule has 3 aromatic rings. The molecule has 0 radical (unpaired) electrons. The van der Waals surface area contributed by atoms with Crippen molar-refractivity contribution >= 4 is 11.3 Å². The third kappa shape index (κ3) is 3.99. The van der Waals surface area contributed by atoms with Gasteiger partial charge in [0.1, 0.15) is 0 Å². The summed E-state index contributed by atoms with van der Waals surface area (Å²) < 4.78 is 14.1. The second kappa shape index (κ2) is 8.32. The summed E-state index contributed by atoms with van der Waals surface area (Å²) in [7, 11) is 1.95. The topological polar surface area (TPSA) is 39.9 Å². The zero-order chi connectivity index (χ0) is 20.1. The largest absolute Gasteiger partial charge is 0.370 e. The normalized spacial score (nSPS) is 10.2. The van der Waals surface area contributed by atoms with E-state index in [0.717, 1.165) is 22.4 Å². The first kappa shape index (κ1) is 19.1. The van der Waals surface area contributed by atoms with Gasteiger partial charge in [-0.1, -0.05) is 49.6 Å². The van der Waals surface area contributed by atoms with Crippen LogP contribution in [0.1, 0.15) is 27.8 Å². The van der Waals surface area contributed by atoms with Gasteiger partial charge in [0.15, 0.2) is 0 Å². The van der Waals surface area contributed by atoms with Crippen molar-refractivity contribution in [3.8, 4) is 6.07 Å². The molecule has 0 aliphatic heterocycles. The van der Waals surface area contributed by atoms with Crippen LogP contribution in [0, 0.1) is 17.3 Å². The van der Waals surface area contributed by atoms with Crippen LogP contribution in [0.3, 0.4) is 0 Å². The molecule has 0 N–H and O–H groups in total. The Balaban J connectivity index is 1.87. The summed E-state index contributed by atoms with van der Waals surface area (Å²) in [5.74, 6) is -0.543. The molecule has 0 bridgehead atoms. The summed E-state index contributed by atoms with van der Waals surface area (Å²) in [6.45, 7) is 8.96. The fraction of sp³-hybridized carbons (Fsp3) is 0.0833. The van der Waals surface area contributed by atoms with Crippen molar-refractivity contribution in [3.63, 3.8) is 0 Å². The van der Waals surface area contributed by atoms with Crippen LogP contribution in [-0.2, 0) is 6.54 Å². The van der Waals surface area contributed by atoms with Crippen molar-refractivity contribution in [2.24, 2.45) is 0 Å². The van der Waals surface area contributed by atoms with E-state index in [0.29, 0.717) is 23.2 Å².